The third kappa shape index (κ3) is 4.26. The Morgan fingerprint density at radius 1 is 1.12 bits per heavy atom. The number of quaternary nitrogens is 1. The lowest BCUT2D eigenvalue weighted by molar-refractivity contribution is -0.890. The van der Waals surface area contributed by atoms with Crippen molar-refractivity contribution in [1.29, 1.82) is 0 Å². The lowest BCUT2D eigenvalue weighted by atomic mass is 10.1. The summed E-state index contributed by atoms with van der Waals surface area (Å²) < 4.78 is 10.4. The van der Waals surface area contributed by atoms with Crippen molar-refractivity contribution in [2.45, 2.75) is 6.04 Å². The molecule has 5 heteroatoms. The van der Waals surface area contributed by atoms with Crippen molar-refractivity contribution in [3.05, 3.63) is 53.6 Å². The predicted octanol–water partition coefficient (Wildman–Crippen LogP) is 1.71. The monoisotopic (exact) mass is 329 g/mol. The van der Waals surface area contributed by atoms with Gasteiger partial charge >= 0.3 is 0 Å². The summed E-state index contributed by atoms with van der Waals surface area (Å²) in [5.74, 6) is 1.40. The largest absolute Gasteiger partial charge is 0.504 e. The first-order chi connectivity index (χ1) is 11.6. The summed E-state index contributed by atoms with van der Waals surface area (Å²) >= 11 is 0. The Bertz CT molecular complexity index is 699. The average Bonchev–Trinajstić information content (AvgIpc) is 2.59. The molecule has 0 saturated heterocycles. The molecular weight excluding hydrogens is 304 g/mol. The summed E-state index contributed by atoms with van der Waals surface area (Å²) in [5.41, 5.74) is 1.81. The third-order valence-electron chi connectivity index (χ3n) is 3.96. The molecule has 0 aliphatic carbocycles. The molecule has 0 fully saturated rings. The van der Waals surface area contributed by atoms with E-state index in [-0.39, 0.29) is 11.8 Å². The zero-order chi connectivity index (χ0) is 17.5. The number of benzene rings is 2. The minimum Gasteiger partial charge on any atom is -0.504 e. The minimum absolute atomic E-state index is 0.110. The van der Waals surface area contributed by atoms with Crippen LogP contribution in [0, 0.1) is 0 Å². The minimum atomic E-state index is 0.110. The fraction of sp³-hybridized carbons (Fsp3) is 0.316. The Hall–Kier alpha value is -2.53. The highest BCUT2D eigenvalue weighted by Gasteiger charge is 2.17. The van der Waals surface area contributed by atoms with Gasteiger partial charge in [0.25, 0.3) is 0 Å². The number of rotatable bonds is 7. The number of nitrogens with one attached hydrogen (secondary N) is 1. The van der Waals surface area contributed by atoms with Gasteiger partial charge < -0.3 is 19.5 Å². The fourth-order valence-electron chi connectivity index (χ4n) is 2.54. The smallest absolute Gasteiger partial charge is 0.166 e. The molecule has 0 spiro atoms. The van der Waals surface area contributed by atoms with Gasteiger partial charge in [-0.05, 0) is 24.3 Å². The van der Waals surface area contributed by atoms with Gasteiger partial charge in [-0.1, -0.05) is 18.2 Å². The molecule has 0 amide bonds. The van der Waals surface area contributed by atoms with Crippen LogP contribution in [0.1, 0.15) is 17.2 Å². The fourth-order valence-corrected chi connectivity index (χ4v) is 2.54. The van der Waals surface area contributed by atoms with Crippen LogP contribution in [0.4, 0.5) is 0 Å². The van der Waals surface area contributed by atoms with Crippen LogP contribution in [0.2, 0.25) is 0 Å². The topological polar surface area (TPSA) is 55.5 Å². The van der Waals surface area contributed by atoms with Gasteiger partial charge in [0, 0.05) is 17.3 Å². The maximum atomic E-state index is 10.1. The number of methoxy groups -OCH3 is 2. The van der Waals surface area contributed by atoms with E-state index in [4.69, 9.17) is 9.47 Å². The number of ether oxygens (including phenoxy) is 2. The zero-order valence-corrected chi connectivity index (χ0v) is 14.6. The van der Waals surface area contributed by atoms with E-state index < -0.39 is 0 Å². The Morgan fingerprint density at radius 3 is 2.54 bits per heavy atom. The van der Waals surface area contributed by atoms with Crippen LogP contribution in [0.25, 0.3) is 0 Å². The highest BCUT2D eigenvalue weighted by atomic mass is 16.5. The van der Waals surface area contributed by atoms with Gasteiger partial charge in [-0.25, -0.2) is 0 Å². The van der Waals surface area contributed by atoms with Crippen LogP contribution < -0.4 is 14.4 Å². The van der Waals surface area contributed by atoms with Crippen LogP contribution in [0.5, 0.6) is 17.2 Å². The number of likely N-dealkylation sites (N-methyl/N-ethyl adjacent to an activating group) is 1. The number of hydrogen-bond acceptors (Lipinski definition) is 4. The van der Waals surface area contributed by atoms with E-state index in [0.717, 1.165) is 5.75 Å². The second-order valence-corrected chi connectivity index (χ2v) is 5.80. The quantitative estimate of drug-likeness (QED) is 0.761. The molecule has 0 radical (unpaired) electrons. The second-order valence-electron chi connectivity index (χ2n) is 5.80. The Kier molecular flexibility index (Phi) is 6.21. The molecule has 2 rings (SSSR count). The first-order valence-corrected chi connectivity index (χ1v) is 7.86. The maximum Gasteiger partial charge on any atom is 0.166 e. The van der Waals surface area contributed by atoms with Gasteiger partial charge in [0.05, 0.1) is 34.9 Å². The van der Waals surface area contributed by atoms with Crippen molar-refractivity contribution < 1.29 is 19.5 Å². The first kappa shape index (κ1) is 17.8. The standard InChI is InChI=1S/C19H24N2O3/c1-21(2)17(14-7-5-9-16(11-14)23-3)13-20-12-15-8-6-10-18(24-4)19(15)22/h5-12,17,22H,13H2,1-4H3/p+1/t17-/m0/s1. The van der Waals surface area contributed by atoms with E-state index in [0.29, 0.717) is 17.9 Å². The Morgan fingerprint density at radius 2 is 1.88 bits per heavy atom. The molecule has 0 saturated carbocycles. The molecule has 0 heterocycles. The van der Waals surface area contributed by atoms with E-state index in [1.807, 2.05) is 30.3 Å². The number of phenols is 1. The highest BCUT2D eigenvalue weighted by molar-refractivity contribution is 5.84. The molecule has 0 bridgehead atoms. The van der Waals surface area contributed by atoms with Gasteiger partial charge in [-0.15, -0.1) is 0 Å². The van der Waals surface area contributed by atoms with Crippen molar-refractivity contribution >= 4 is 6.21 Å². The first-order valence-electron chi connectivity index (χ1n) is 7.86. The van der Waals surface area contributed by atoms with E-state index in [1.165, 1.54) is 17.6 Å². The van der Waals surface area contributed by atoms with Gasteiger partial charge in [0.15, 0.2) is 11.5 Å². The van der Waals surface area contributed by atoms with Crippen LogP contribution in [-0.4, -0.2) is 46.2 Å². The molecular formula is C19H25N2O3+. The number of aromatic hydroxyl groups is 1. The number of nitrogens with zero attached hydrogens (tertiary/aromatic N) is 1. The Labute approximate surface area is 143 Å². The van der Waals surface area contributed by atoms with Crippen molar-refractivity contribution in [3.63, 3.8) is 0 Å². The second kappa shape index (κ2) is 8.36. The summed E-state index contributed by atoms with van der Waals surface area (Å²) in [4.78, 5) is 5.80. The summed E-state index contributed by atoms with van der Waals surface area (Å²) in [6, 6.07) is 13.6. The molecule has 5 nitrogen and oxygen atoms in total. The van der Waals surface area contributed by atoms with Crippen LogP contribution in [-0.2, 0) is 0 Å². The molecule has 1 atom stereocenters. The third-order valence-corrected chi connectivity index (χ3v) is 3.96. The maximum absolute atomic E-state index is 10.1. The van der Waals surface area contributed by atoms with Gasteiger partial charge in [-0.2, -0.15) is 0 Å². The molecule has 0 aliphatic heterocycles. The normalized spacial score (nSPS) is 12.5. The van der Waals surface area contributed by atoms with E-state index in [1.54, 1.807) is 19.4 Å². The predicted molar refractivity (Wildman–Crippen MR) is 95.7 cm³/mol. The molecule has 2 aromatic rings. The van der Waals surface area contributed by atoms with Crippen molar-refractivity contribution in [1.82, 2.24) is 0 Å². The van der Waals surface area contributed by atoms with E-state index in [2.05, 4.69) is 25.2 Å². The molecule has 24 heavy (non-hydrogen) atoms. The lowest BCUT2D eigenvalue weighted by Crippen LogP contribution is -3.06. The summed E-state index contributed by atoms with van der Waals surface area (Å²) in [7, 11) is 7.40. The summed E-state index contributed by atoms with van der Waals surface area (Å²) in [5, 5.41) is 10.1. The van der Waals surface area contributed by atoms with Crippen molar-refractivity contribution in [2.75, 3.05) is 34.9 Å². The molecule has 0 aliphatic rings. The highest BCUT2D eigenvalue weighted by Crippen LogP contribution is 2.28. The number of para-hydroxylation sites is 1. The van der Waals surface area contributed by atoms with Crippen LogP contribution in [0.3, 0.4) is 0 Å². The van der Waals surface area contributed by atoms with Gasteiger partial charge in [-0.3, -0.25) is 4.99 Å². The lowest BCUT2D eigenvalue weighted by Gasteiger charge is -2.20. The Balaban J connectivity index is 2.17. The van der Waals surface area contributed by atoms with Crippen molar-refractivity contribution in [2.24, 2.45) is 4.99 Å². The number of hydrogen-bond donors (Lipinski definition) is 2. The number of aliphatic imine (C=N–C) groups is 1. The average molecular weight is 329 g/mol. The van der Waals surface area contributed by atoms with E-state index in [9.17, 15) is 5.11 Å². The molecule has 0 unspecified atom stereocenters. The van der Waals surface area contributed by atoms with Gasteiger partial charge in [0.2, 0.25) is 0 Å². The molecule has 128 valence electrons. The molecule has 0 aromatic heterocycles. The molecule has 2 aromatic carbocycles. The molecule has 2 N–H and O–H groups in total. The van der Waals surface area contributed by atoms with Gasteiger partial charge in [0.1, 0.15) is 11.8 Å². The van der Waals surface area contributed by atoms with Crippen molar-refractivity contribution in [3.8, 4) is 17.2 Å². The van der Waals surface area contributed by atoms with Crippen LogP contribution >= 0.6 is 0 Å². The number of phenolic OH excluding ortho intramolecular Hbond substituents is 1. The zero-order valence-electron chi connectivity index (χ0n) is 14.6. The van der Waals surface area contributed by atoms with E-state index >= 15 is 0 Å². The summed E-state index contributed by atoms with van der Waals surface area (Å²) in [6.45, 7) is 0.603. The summed E-state index contributed by atoms with van der Waals surface area (Å²) in [6.07, 6.45) is 1.69. The SMILES string of the molecule is COc1cccc([C@H](CN=Cc2cccc(OC)c2O)[NH+](C)C)c1. The van der Waals surface area contributed by atoms with Crippen LogP contribution in [0.15, 0.2) is 47.5 Å².